The van der Waals surface area contributed by atoms with Crippen LogP contribution in [0.25, 0.3) is 0 Å². The molecule has 0 unspecified atom stereocenters. The van der Waals surface area contributed by atoms with Crippen molar-refractivity contribution in [1.82, 2.24) is 5.32 Å². The highest BCUT2D eigenvalue weighted by Gasteiger charge is 2.19. The fraction of sp³-hybridized carbons (Fsp3) is 0.440. The number of anilines is 1. The highest BCUT2D eigenvalue weighted by molar-refractivity contribution is 6.31. The van der Waals surface area contributed by atoms with Gasteiger partial charge in [-0.15, -0.1) is 0 Å². The summed E-state index contributed by atoms with van der Waals surface area (Å²) >= 11 is 6.18. The van der Waals surface area contributed by atoms with Gasteiger partial charge in [0.2, 0.25) is 0 Å². The molecule has 0 aromatic heterocycles. The van der Waals surface area contributed by atoms with E-state index in [1.807, 2.05) is 43.3 Å². The first-order chi connectivity index (χ1) is 15.1. The van der Waals surface area contributed by atoms with Crippen molar-refractivity contribution < 1.29 is 14.3 Å². The normalized spacial score (nSPS) is 13.7. The summed E-state index contributed by atoms with van der Waals surface area (Å²) in [6.07, 6.45) is 5.35. The van der Waals surface area contributed by atoms with Crippen LogP contribution in [0.1, 0.15) is 54.1 Å². The van der Waals surface area contributed by atoms with Crippen LogP contribution in [0.2, 0.25) is 5.02 Å². The third-order valence-electron chi connectivity index (χ3n) is 5.55. The number of carbonyl (C=O) groups excluding carboxylic acids is 2. The van der Waals surface area contributed by atoms with Gasteiger partial charge in [0.15, 0.2) is 0 Å². The molecule has 1 saturated heterocycles. The first-order valence-electron chi connectivity index (χ1n) is 11.1. The van der Waals surface area contributed by atoms with Gasteiger partial charge in [0.25, 0.3) is 5.91 Å². The van der Waals surface area contributed by atoms with Crippen molar-refractivity contribution in [2.45, 2.75) is 45.4 Å². The smallest absolute Gasteiger partial charge is 0.306 e. The number of nitrogens with zero attached hydrogens (tertiary/aromatic N) is 1. The second-order valence-electron chi connectivity index (χ2n) is 7.84. The van der Waals surface area contributed by atoms with E-state index in [9.17, 15) is 9.59 Å². The number of nitrogens with one attached hydrogen (secondary N) is 1. The number of halogens is 1. The first-order valence-corrected chi connectivity index (χ1v) is 11.5. The Morgan fingerprint density at radius 3 is 2.35 bits per heavy atom. The summed E-state index contributed by atoms with van der Waals surface area (Å²) in [6.45, 7) is 4.73. The minimum atomic E-state index is -0.167. The third-order valence-corrected chi connectivity index (χ3v) is 5.78. The zero-order valence-corrected chi connectivity index (χ0v) is 18.9. The topological polar surface area (TPSA) is 58.6 Å². The average Bonchev–Trinajstić information content (AvgIpc) is 2.79. The summed E-state index contributed by atoms with van der Waals surface area (Å²) in [5.41, 5.74) is 3.85. The number of rotatable bonds is 9. The number of hydrogen-bond acceptors (Lipinski definition) is 4. The van der Waals surface area contributed by atoms with Gasteiger partial charge in [-0.2, -0.15) is 0 Å². The summed E-state index contributed by atoms with van der Waals surface area (Å²) in [5, 5.41) is 3.61. The van der Waals surface area contributed by atoms with Gasteiger partial charge in [-0.25, -0.2) is 0 Å². The Kier molecular flexibility index (Phi) is 8.77. The second-order valence-corrected chi connectivity index (χ2v) is 8.27. The van der Waals surface area contributed by atoms with Gasteiger partial charge in [0.05, 0.1) is 12.2 Å². The van der Waals surface area contributed by atoms with Crippen LogP contribution in [0, 0.1) is 0 Å². The quantitative estimate of drug-likeness (QED) is 0.567. The van der Waals surface area contributed by atoms with E-state index in [2.05, 4.69) is 10.2 Å². The minimum Gasteiger partial charge on any atom is -0.466 e. The Morgan fingerprint density at radius 1 is 1.00 bits per heavy atom. The van der Waals surface area contributed by atoms with Crippen molar-refractivity contribution in [2.75, 3.05) is 31.1 Å². The molecule has 0 spiro atoms. The van der Waals surface area contributed by atoms with E-state index in [0.717, 1.165) is 49.2 Å². The van der Waals surface area contributed by atoms with Crippen molar-refractivity contribution in [3.05, 3.63) is 64.2 Å². The summed E-state index contributed by atoms with van der Waals surface area (Å²) < 4.78 is 4.96. The number of aryl methyl sites for hydroxylation is 1. The minimum absolute atomic E-state index is 0.0888. The zero-order chi connectivity index (χ0) is 22.1. The molecule has 1 heterocycles. The molecule has 0 saturated carbocycles. The molecule has 2 aromatic rings. The molecule has 0 aliphatic carbocycles. The van der Waals surface area contributed by atoms with Gasteiger partial charge >= 0.3 is 5.97 Å². The lowest BCUT2D eigenvalue weighted by molar-refractivity contribution is -0.143. The molecule has 0 radical (unpaired) electrons. The lowest BCUT2D eigenvalue weighted by Gasteiger charge is -2.30. The number of esters is 1. The van der Waals surface area contributed by atoms with E-state index >= 15 is 0 Å². The third kappa shape index (κ3) is 7.00. The monoisotopic (exact) mass is 442 g/mol. The van der Waals surface area contributed by atoms with E-state index in [-0.39, 0.29) is 11.9 Å². The molecule has 31 heavy (non-hydrogen) atoms. The van der Waals surface area contributed by atoms with Crippen LogP contribution in [0.4, 0.5) is 5.69 Å². The molecular weight excluding hydrogens is 412 g/mol. The summed E-state index contributed by atoms with van der Waals surface area (Å²) in [4.78, 5) is 26.6. The zero-order valence-electron chi connectivity index (χ0n) is 18.2. The highest BCUT2D eigenvalue weighted by Crippen LogP contribution is 2.27. The second kappa shape index (κ2) is 11.8. The number of hydrogen-bond donors (Lipinski definition) is 1. The Hall–Kier alpha value is -2.53. The SMILES string of the molecule is CCOC(=O)CCc1ccc(CCNC(=O)c2cc(Cl)ccc2N2CCCCC2)cc1. The van der Waals surface area contributed by atoms with Crippen LogP contribution >= 0.6 is 11.6 Å². The largest absolute Gasteiger partial charge is 0.466 e. The van der Waals surface area contributed by atoms with Gasteiger partial charge < -0.3 is 15.0 Å². The van der Waals surface area contributed by atoms with Gasteiger partial charge in [-0.05, 0) is 68.4 Å². The predicted molar refractivity (Wildman–Crippen MR) is 125 cm³/mol. The van der Waals surface area contributed by atoms with Crippen molar-refractivity contribution >= 4 is 29.2 Å². The predicted octanol–water partition coefficient (Wildman–Crippen LogP) is 4.80. The lowest BCUT2D eigenvalue weighted by atomic mass is 10.1. The summed E-state index contributed by atoms with van der Waals surface area (Å²) in [7, 11) is 0. The maximum Gasteiger partial charge on any atom is 0.306 e. The summed E-state index contributed by atoms with van der Waals surface area (Å²) in [5.74, 6) is -0.256. The number of carbonyl (C=O) groups is 2. The molecule has 0 bridgehead atoms. The molecule has 3 rings (SSSR count). The van der Waals surface area contributed by atoms with Crippen LogP contribution in [0.5, 0.6) is 0 Å². The van der Waals surface area contributed by atoms with Crippen LogP contribution < -0.4 is 10.2 Å². The van der Waals surface area contributed by atoms with E-state index in [1.165, 1.54) is 6.42 Å². The number of benzene rings is 2. The molecule has 1 aliphatic rings. The van der Waals surface area contributed by atoms with E-state index in [1.54, 1.807) is 6.07 Å². The molecule has 2 aromatic carbocycles. The molecule has 6 heteroatoms. The maximum absolute atomic E-state index is 12.9. The van der Waals surface area contributed by atoms with E-state index < -0.39 is 0 Å². The Labute approximate surface area is 189 Å². The maximum atomic E-state index is 12.9. The fourth-order valence-electron chi connectivity index (χ4n) is 3.87. The van der Waals surface area contributed by atoms with E-state index in [0.29, 0.717) is 36.6 Å². The van der Waals surface area contributed by atoms with E-state index in [4.69, 9.17) is 16.3 Å². The van der Waals surface area contributed by atoms with Crippen LogP contribution in [0.3, 0.4) is 0 Å². The van der Waals surface area contributed by atoms with Gasteiger partial charge in [0, 0.05) is 36.8 Å². The lowest BCUT2D eigenvalue weighted by Crippen LogP contribution is -2.33. The summed E-state index contributed by atoms with van der Waals surface area (Å²) in [6, 6.07) is 13.7. The number of ether oxygens (including phenoxy) is 1. The molecule has 1 fully saturated rings. The van der Waals surface area contributed by atoms with Crippen molar-refractivity contribution in [2.24, 2.45) is 0 Å². The van der Waals surface area contributed by atoms with Crippen LogP contribution in [-0.4, -0.2) is 38.1 Å². The van der Waals surface area contributed by atoms with Crippen molar-refractivity contribution in [3.63, 3.8) is 0 Å². The van der Waals surface area contributed by atoms with Crippen molar-refractivity contribution in [1.29, 1.82) is 0 Å². The molecule has 1 N–H and O–H groups in total. The van der Waals surface area contributed by atoms with Gasteiger partial charge in [-0.3, -0.25) is 9.59 Å². The molecule has 1 aliphatic heterocycles. The highest BCUT2D eigenvalue weighted by atomic mass is 35.5. The number of amides is 1. The Morgan fingerprint density at radius 2 is 1.68 bits per heavy atom. The number of piperidine rings is 1. The van der Waals surface area contributed by atoms with Gasteiger partial charge in [0.1, 0.15) is 0 Å². The Balaban J connectivity index is 1.52. The molecular formula is C25H31ClN2O3. The fourth-order valence-corrected chi connectivity index (χ4v) is 4.04. The van der Waals surface area contributed by atoms with Crippen LogP contribution in [0.15, 0.2) is 42.5 Å². The molecule has 166 valence electrons. The van der Waals surface area contributed by atoms with Crippen LogP contribution in [-0.2, 0) is 22.4 Å². The first kappa shape index (κ1) is 23.1. The standard InChI is InChI=1S/C25H31ClN2O3/c1-2-31-24(29)13-10-19-6-8-20(9-7-19)14-15-27-25(30)22-18-21(26)11-12-23(22)28-16-4-3-5-17-28/h6-9,11-12,18H,2-5,10,13-17H2,1H3,(H,27,30). The molecule has 1 amide bonds. The van der Waals surface area contributed by atoms with Gasteiger partial charge in [-0.1, -0.05) is 35.9 Å². The molecule has 0 atom stereocenters. The average molecular weight is 443 g/mol. The molecule has 5 nitrogen and oxygen atoms in total. The Bertz CT molecular complexity index is 877. The van der Waals surface area contributed by atoms with Crippen molar-refractivity contribution in [3.8, 4) is 0 Å².